The van der Waals surface area contributed by atoms with Gasteiger partial charge in [-0.05, 0) is 104 Å². The molecule has 1 aliphatic rings. The van der Waals surface area contributed by atoms with Gasteiger partial charge in [0.1, 0.15) is 0 Å². The highest BCUT2D eigenvalue weighted by Crippen LogP contribution is 2.52. The normalized spacial score (nSPS) is 13.7. The molecule has 0 radical (unpaired) electrons. The van der Waals surface area contributed by atoms with Crippen molar-refractivity contribution in [3.63, 3.8) is 0 Å². The quantitative estimate of drug-likeness (QED) is 0.111. The highest BCUT2D eigenvalue weighted by molar-refractivity contribution is 6.28. The SMILES string of the molecule is C#C/C=C\C(=C/C)c1ccc(-c2ccc3c4c2ccc2cc(C)c5c(-c6ccc(-c7ccccc7)cn6)ccc(c5c24)C3(C)C)nc1. The highest BCUT2D eigenvalue weighted by Gasteiger charge is 2.34. The van der Waals surface area contributed by atoms with Crippen LogP contribution in [0.5, 0.6) is 0 Å². The number of rotatable bonds is 5. The first-order valence-electron chi connectivity index (χ1n) is 16.1. The third kappa shape index (κ3) is 4.43. The second-order valence-corrected chi connectivity index (χ2v) is 13.0. The number of hydrogen-bond donors (Lipinski definition) is 0. The maximum atomic E-state index is 5.46. The van der Waals surface area contributed by atoms with Crippen LogP contribution in [0, 0.1) is 19.3 Å². The summed E-state index contributed by atoms with van der Waals surface area (Å²) in [5.74, 6) is 2.58. The molecule has 224 valence electrons. The Labute approximate surface area is 276 Å². The Kier molecular flexibility index (Phi) is 6.67. The molecule has 2 aromatic heterocycles. The number of hydrogen-bond acceptors (Lipinski definition) is 2. The number of aromatic nitrogens is 2. The Bertz CT molecular complexity index is 2470. The molecule has 7 aromatic rings. The van der Waals surface area contributed by atoms with Crippen molar-refractivity contribution in [2.75, 3.05) is 0 Å². The lowest BCUT2D eigenvalue weighted by Gasteiger charge is -2.35. The van der Waals surface area contributed by atoms with Crippen molar-refractivity contribution < 1.29 is 0 Å². The molecule has 0 N–H and O–H groups in total. The molecule has 0 saturated heterocycles. The maximum Gasteiger partial charge on any atom is 0.0708 e. The molecule has 0 amide bonds. The molecule has 0 unspecified atom stereocenters. The summed E-state index contributed by atoms with van der Waals surface area (Å²) in [7, 11) is 0. The van der Waals surface area contributed by atoms with E-state index < -0.39 is 0 Å². The van der Waals surface area contributed by atoms with Gasteiger partial charge in [0.25, 0.3) is 0 Å². The molecule has 0 fully saturated rings. The Morgan fingerprint density at radius 2 is 1.43 bits per heavy atom. The van der Waals surface area contributed by atoms with E-state index in [2.05, 4.69) is 124 Å². The topological polar surface area (TPSA) is 25.8 Å². The zero-order valence-electron chi connectivity index (χ0n) is 27.1. The molecule has 1 aliphatic carbocycles. The van der Waals surface area contributed by atoms with Gasteiger partial charge in [0.05, 0.1) is 11.4 Å². The Morgan fingerprint density at radius 1 is 0.702 bits per heavy atom. The van der Waals surface area contributed by atoms with Crippen LogP contribution in [-0.4, -0.2) is 9.97 Å². The fourth-order valence-electron chi connectivity index (χ4n) is 7.63. The molecule has 8 rings (SSSR count). The van der Waals surface area contributed by atoms with E-state index in [4.69, 9.17) is 16.4 Å². The number of benzene rings is 5. The Morgan fingerprint density at radius 3 is 2.13 bits per heavy atom. The minimum absolute atomic E-state index is 0.186. The van der Waals surface area contributed by atoms with Gasteiger partial charge in [0.15, 0.2) is 0 Å². The van der Waals surface area contributed by atoms with Crippen LogP contribution in [0.3, 0.4) is 0 Å². The Balaban J connectivity index is 1.35. The maximum absolute atomic E-state index is 5.46. The molecule has 2 heteroatoms. The first kappa shape index (κ1) is 28.7. The van der Waals surface area contributed by atoms with Gasteiger partial charge in [-0.3, -0.25) is 9.97 Å². The third-order valence-corrected chi connectivity index (χ3v) is 9.97. The molecular formula is C45H34N2. The smallest absolute Gasteiger partial charge is 0.0708 e. The van der Waals surface area contributed by atoms with Crippen molar-refractivity contribution in [2.45, 2.75) is 33.1 Å². The highest BCUT2D eigenvalue weighted by atomic mass is 14.7. The lowest BCUT2D eigenvalue weighted by Crippen LogP contribution is -2.22. The number of nitrogens with zero attached hydrogens (tertiary/aromatic N) is 2. The molecule has 2 nitrogen and oxygen atoms in total. The van der Waals surface area contributed by atoms with Crippen LogP contribution in [0.15, 0.2) is 128 Å². The predicted octanol–water partition coefficient (Wildman–Crippen LogP) is 11.5. The number of aryl methyl sites for hydroxylation is 1. The fraction of sp³-hybridized carbons (Fsp3) is 0.111. The van der Waals surface area contributed by atoms with Crippen LogP contribution in [0.25, 0.3) is 71.5 Å². The van der Waals surface area contributed by atoms with Crippen LogP contribution >= 0.6 is 0 Å². The van der Waals surface area contributed by atoms with E-state index in [1.807, 2.05) is 31.5 Å². The summed E-state index contributed by atoms with van der Waals surface area (Å²) in [5, 5.41) is 7.77. The van der Waals surface area contributed by atoms with Gasteiger partial charge < -0.3 is 0 Å². The first-order chi connectivity index (χ1) is 22.9. The molecule has 0 aliphatic heterocycles. The molecule has 2 heterocycles. The molecule has 0 spiro atoms. The standard InChI is InChI=1S/C45H34N2/c1-6-8-12-29(7-2)32-16-23-39(46-26-32)34-19-21-37-43-35(34)18-15-31-25-28(3)41-36(20-22-38(45(37,4)5)44(41)42(31)43)40-24-17-33(27-47-40)30-13-10-9-11-14-30/h1,7-27H,2-5H3/b12-8-,29-7+. The number of allylic oxidation sites excluding steroid dienone is 4. The molecule has 0 bridgehead atoms. The second kappa shape index (κ2) is 10.9. The average Bonchev–Trinajstić information content (AvgIpc) is 3.11. The average molecular weight is 603 g/mol. The van der Waals surface area contributed by atoms with E-state index in [9.17, 15) is 0 Å². The van der Waals surface area contributed by atoms with Crippen LogP contribution in [0.1, 0.15) is 43.0 Å². The van der Waals surface area contributed by atoms with E-state index in [0.717, 1.165) is 33.7 Å². The largest absolute Gasteiger partial charge is 0.256 e. The van der Waals surface area contributed by atoms with Crippen molar-refractivity contribution in [1.82, 2.24) is 9.97 Å². The molecule has 0 atom stereocenters. The number of pyridine rings is 2. The van der Waals surface area contributed by atoms with Crippen LogP contribution < -0.4 is 0 Å². The summed E-state index contributed by atoms with van der Waals surface area (Å²) in [5.41, 5.74) is 12.4. The van der Waals surface area contributed by atoms with Gasteiger partial charge >= 0.3 is 0 Å². The lowest BCUT2D eigenvalue weighted by atomic mass is 9.68. The summed E-state index contributed by atoms with van der Waals surface area (Å²) >= 11 is 0. The monoisotopic (exact) mass is 602 g/mol. The van der Waals surface area contributed by atoms with E-state index in [0.29, 0.717) is 0 Å². The van der Waals surface area contributed by atoms with Gasteiger partial charge in [-0.1, -0.05) is 111 Å². The third-order valence-electron chi connectivity index (χ3n) is 9.97. The van der Waals surface area contributed by atoms with Gasteiger partial charge in [-0.25, -0.2) is 0 Å². The van der Waals surface area contributed by atoms with Crippen LogP contribution in [0.4, 0.5) is 0 Å². The van der Waals surface area contributed by atoms with Gasteiger partial charge in [-0.15, -0.1) is 6.42 Å². The van der Waals surface area contributed by atoms with Crippen molar-refractivity contribution in [2.24, 2.45) is 0 Å². The fourth-order valence-corrected chi connectivity index (χ4v) is 7.63. The van der Waals surface area contributed by atoms with Gasteiger partial charge in [0, 0.05) is 34.5 Å². The summed E-state index contributed by atoms with van der Waals surface area (Å²) < 4.78 is 0. The molecule has 5 aromatic carbocycles. The van der Waals surface area contributed by atoms with Crippen molar-refractivity contribution in [3.05, 3.63) is 150 Å². The minimum Gasteiger partial charge on any atom is -0.256 e. The van der Waals surface area contributed by atoms with Crippen molar-refractivity contribution in [3.8, 4) is 46.0 Å². The molecule has 47 heavy (non-hydrogen) atoms. The van der Waals surface area contributed by atoms with Crippen molar-refractivity contribution in [1.29, 1.82) is 0 Å². The van der Waals surface area contributed by atoms with Gasteiger partial charge in [0.2, 0.25) is 0 Å². The number of terminal acetylenes is 1. The van der Waals surface area contributed by atoms with Crippen LogP contribution in [0.2, 0.25) is 0 Å². The summed E-state index contributed by atoms with van der Waals surface area (Å²) in [6.45, 7) is 8.99. The summed E-state index contributed by atoms with van der Waals surface area (Å²) in [6.07, 6.45) is 15.1. The first-order valence-corrected chi connectivity index (χ1v) is 16.1. The van der Waals surface area contributed by atoms with E-state index in [-0.39, 0.29) is 5.41 Å². The van der Waals surface area contributed by atoms with E-state index in [1.165, 1.54) is 60.1 Å². The van der Waals surface area contributed by atoms with E-state index >= 15 is 0 Å². The van der Waals surface area contributed by atoms with E-state index in [1.54, 1.807) is 6.08 Å². The lowest BCUT2D eigenvalue weighted by molar-refractivity contribution is 0.652. The van der Waals surface area contributed by atoms with Gasteiger partial charge in [-0.2, -0.15) is 0 Å². The molecular weight excluding hydrogens is 569 g/mol. The summed E-state index contributed by atoms with van der Waals surface area (Å²) in [6, 6.07) is 35.2. The zero-order valence-corrected chi connectivity index (χ0v) is 27.1. The Hall–Kier alpha value is -5.78. The predicted molar refractivity (Wildman–Crippen MR) is 199 cm³/mol. The van der Waals surface area contributed by atoms with Crippen molar-refractivity contribution >= 4 is 37.9 Å². The summed E-state index contributed by atoms with van der Waals surface area (Å²) in [4.78, 5) is 9.97. The molecule has 0 saturated carbocycles. The minimum atomic E-state index is -0.186. The second-order valence-electron chi connectivity index (χ2n) is 13.0. The zero-order chi connectivity index (χ0) is 32.3. The van der Waals surface area contributed by atoms with Crippen LogP contribution in [-0.2, 0) is 5.41 Å².